The minimum Gasteiger partial charge on any atom is -0.390 e. The maximum atomic E-state index is 12.8. The van der Waals surface area contributed by atoms with E-state index in [4.69, 9.17) is 33.6 Å². The number of anilines is 1. The number of imidazole rings is 1. The van der Waals surface area contributed by atoms with Crippen LogP contribution in [-0.4, -0.2) is 61.7 Å². The summed E-state index contributed by atoms with van der Waals surface area (Å²) in [5.74, 6) is -0.534. The molecule has 4 rings (SSSR count). The second-order valence-electron chi connectivity index (χ2n) is 6.96. The highest BCUT2D eigenvalue weighted by atomic mass is 35.5. The third kappa shape index (κ3) is 3.34. The van der Waals surface area contributed by atoms with E-state index >= 15 is 0 Å². The lowest BCUT2D eigenvalue weighted by Gasteiger charge is -2.25. The highest BCUT2D eigenvalue weighted by Gasteiger charge is 2.72. The van der Waals surface area contributed by atoms with Crippen LogP contribution in [0.4, 0.5) is 5.82 Å². The fourth-order valence-electron chi connectivity index (χ4n) is 4.01. The van der Waals surface area contributed by atoms with Crippen LogP contribution in [0.3, 0.4) is 0 Å². The zero-order valence-electron chi connectivity index (χ0n) is 17.7. The molecule has 13 heteroatoms. The molecule has 0 spiro atoms. The minimum atomic E-state index is -4.23. The number of hydrogen-bond donors (Lipinski definition) is 3. The van der Waals surface area contributed by atoms with E-state index in [1.165, 1.54) is 10.9 Å². The summed E-state index contributed by atoms with van der Waals surface area (Å²) in [7, 11) is -4.23. The maximum Gasteiger partial charge on any atom is 0.474 e. The number of aliphatic hydroxyl groups is 2. The number of aliphatic hydroxyl groups excluding tert-OH is 2. The van der Waals surface area contributed by atoms with E-state index in [0.717, 1.165) is 0 Å². The van der Waals surface area contributed by atoms with Crippen molar-refractivity contribution < 1.29 is 31.1 Å². The van der Waals surface area contributed by atoms with E-state index in [9.17, 15) is 14.8 Å². The van der Waals surface area contributed by atoms with Crippen molar-refractivity contribution in [1.29, 1.82) is 0 Å². The summed E-state index contributed by atoms with van der Waals surface area (Å²) >= 11 is 5.91. The van der Waals surface area contributed by atoms with Gasteiger partial charge in [0, 0.05) is 5.41 Å². The van der Waals surface area contributed by atoms with E-state index in [-0.39, 0.29) is 41.9 Å². The number of nitrogen functional groups attached to an aromatic ring is 1. The standard InChI is InChI=1S/C16H23ClN5O6P/c1-3-26-29(25,27-4-2)28-6-16-5-8(16)10(11(23)12(16)24)22-7-19-9-13(18)20-15(17)21-14(9)22/h7-8,10-12,23-24H,3-6H2,1-2H3,(H2,18,20,21)/t8-,10-,11+,12+,16-/m1/s1/i6D2. The maximum absolute atomic E-state index is 12.8. The monoisotopic (exact) mass is 449 g/mol. The van der Waals surface area contributed by atoms with E-state index < -0.39 is 44.0 Å². The van der Waals surface area contributed by atoms with Gasteiger partial charge in [-0.25, -0.2) is 9.55 Å². The summed E-state index contributed by atoms with van der Waals surface area (Å²) in [4.78, 5) is 12.1. The lowest BCUT2D eigenvalue weighted by atomic mass is 10.0. The van der Waals surface area contributed by atoms with Crippen molar-refractivity contribution in [1.82, 2.24) is 19.5 Å². The van der Waals surface area contributed by atoms with E-state index in [2.05, 4.69) is 15.0 Å². The minimum absolute atomic E-state index is 0.0273. The van der Waals surface area contributed by atoms with Gasteiger partial charge < -0.3 is 20.5 Å². The average molecular weight is 450 g/mol. The zero-order valence-corrected chi connectivity index (χ0v) is 17.4. The molecule has 0 unspecified atom stereocenters. The number of fused-ring (bicyclic) bond motifs is 2. The van der Waals surface area contributed by atoms with Gasteiger partial charge in [0.05, 0.1) is 41.0 Å². The van der Waals surface area contributed by atoms with Crippen LogP contribution in [0.15, 0.2) is 6.33 Å². The molecule has 4 N–H and O–H groups in total. The van der Waals surface area contributed by atoms with Crippen molar-refractivity contribution in [2.75, 3.05) is 25.5 Å². The molecule has 2 aromatic rings. The molecular weight excluding hydrogens is 425 g/mol. The number of rotatable bonds is 8. The highest BCUT2D eigenvalue weighted by Crippen LogP contribution is 2.69. The summed E-state index contributed by atoms with van der Waals surface area (Å²) in [5, 5.41) is 21.5. The SMILES string of the molecule is [2H]C([2H])(OP(=O)(OCC)OCC)[C@]12C[C@@H]1[C@@H](n1cnc3c(N)nc(Cl)nc31)[C@H](O)[C@@H]2O. The highest BCUT2D eigenvalue weighted by molar-refractivity contribution is 7.48. The fourth-order valence-corrected chi connectivity index (χ4v) is 5.28. The molecule has 2 heterocycles. The van der Waals surface area contributed by atoms with Gasteiger partial charge in [-0.1, -0.05) is 0 Å². The summed E-state index contributed by atoms with van der Waals surface area (Å²) in [6.07, 6.45) is -1.39. The van der Waals surface area contributed by atoms with Gasteiger partial charge in [-0.2, -0.15) is 9.97 Å². The molecule has 11 nitrogen and oxygen atoms in total. The normalized spacial score (nSPS) is 32.9. The van der Waals surface area contributed by atoms with Gasteiger partial charge in [0.15, 0.2) is 11.5 Å². The van der Waals surface area contributed by atoms with E-state index in [1.807, 2.05) is 0 Å². The molecule has 2 aliphatic carbocycles. The van der Waals surface area contributed by atoms with Crippen LogP contribution >= 0.6 is 19.4 Å². The van der Waals surface area contributed by atoms with Crippen molar-refractivity contribution in [2.24, 2.45) is 11.3 Å². The molecule has 29 heavy (non-hydrogen) atoms. The van der Waals surface area contributed by atoms with Gasteiger partial charge in [-0.15, -0.1) is 0 Å². The molecule has 0 amide bonds. The zero-order chi connectivity index (χ0) is 22.8. The first-order valence-electron chi connectivity index (χ1n) is 10.1. The van der Waals surface area contributed by atoms with Crippen LogP contribution in [0, 0.1) is 11.3 Å². The third-order valence-electron chi connectivity index (χ3n) is 5.34. The van der Waals surface area contributed by atoms with Crippen molar-refractivity contribution in [2.45, 2.75) is 38.5 Å². The van der Waals surface area contributed by atoms with Gasteiger partial charge in [-0.3, -0.25) is 13.6 Å². The molecule has 0 saturated heterocycles. The number of halogens is 1. The molecule has 160 valence electrons. The molecule has 0 radical (unpaired) electrons. The van der Waals surface area contributed by atoms with Crippen LogP contribution in [0.1, 0.15) is 29.1 Å². The molecule has 0 aliphatic heterocycles. The molecular formula is C16H23ClN5O6P. The van der Waals surface area contributed by atoms with Gasteiger partial charge in [0.25, 0.3) is 0 Å². The van der Waals surface area contributed by atoms with Gasteiger partial charge >= 0.3 is 7.82 Å². The van der Waals surface area contributed by atoms with Crippen LogP contribution < -0.4 is 5.73 Å². The number of aromatic nitrogens is 4. The predicted octanol–water partition coefficient (Wildman–Crippen LogP) is 1.54. The lowest BCUT2D eigenvalue weighted by molar-refractivity contribution is -0.0315. The van der Waals surface area contributed by atoms with Gasteiger partial charge in [-0.05, 0) is 37.8 Å². The van der Waals surface area contributed by atoms with Crippen LogP contribution in [0.5, 0.6) is 0 Å². The average Bonchev–Trinajstić information content (AvgIpc) is 3.21. The number of phosphoric ester groups is 1. The summed E-state index contributed by atoms with van der Waals surface area (Å²) in [6, 6.07) is -0.803. The molecule has 0 aromatic carbocycles. The van der Waals surface area contributed by atoms with Crippen LogP contribution in [-0.2, 0) is 18.1 Å². The Morgan fingerprint density at radius 1 is 1.38 bits per heavy atom. The first-order chi connectivity index (χ1) is 14.5. The Morgan fingerprint density at radius 3 is 2.72 bits per heavy atom. The first-order valence-corrected chi connectivity index (χ1v) is 11.0. The molecule has 2 aromatic heterocycles. The quantitative estimate of drug-likeness (QED) is 0.399. The van der Waals surface area contributed by atoms with Crippen molar-refractivity contribution in [3.05, 3.63) is 11.6 Å². The number of nitrogens with two attached hydrogens (primary N) is 1. The fraction of sp³-hybridized carbons (Fsp3) is 0.688. The Kier molecular flexibility index (Phi) is 4.72. The number of phosphoric acid groups is 1. The van der Waals surface area contributed by atoms with E-state index in [0.29, 0.717) is 0 Å². The van der Waals surface area contributed by atoms with Crippen molar-refractivity contribution >= 4 is 36.4 Å². The Hall–Kier alpha value is -1.33. The number of hydrogen-bond acceptors (Lipinski definition) is 10. The second kappa shape index (κ2) is 7.42. The number of nitrogens with zero attached hydrogens (tertiary/aromatic N) is 4. The summed E-state index contributed by atoms with van der Waals surface area (Å²) in [6.45, 7) is 0.446. The Morgan fingerprint density at radius 2 is 2.07 bits per heavy atom. The molecule has 2 fully saturated rings. The summed E-state index contributed by atoms with van der Waals surface area (Å²) in [5.41, 5.74) is 4.80. The molecule has 2 saturated carbocycles. The van der Waals surface area contributed by atoms with Crippen molar-refractivity contribution in [3.63, 3.8) is 0 Å². The lowest BCUT2D eigenvalue weighted by Crippen LogP contribution is -2.36. The predicted molar refractivity (Wildman–Crippen MR) is 103 cm³/mol. The smallest absolute Gasteiger partial charge is 0.390 e. The molecule has 5 atom stereocenters. The Bertz CT molecular complexity index is 1050. The van der Waals surface area contributed by atoms with Crippen molar-refractivity contribution in [3.8, 4) is 0 Å². The van der Waals surface area contributed by atoms with Gasteiger partial charge in [0.2, 0.25) is 5.28 Å². The second-order valence-corrected chi connectivity index (χ2v) is 8.89. The molecule has 0 bridgehead atoms. The summed E-state index contributed by atoms with van der Waals surface area (Å²) < 4.78 is 46.6. The van der Waals surface area contributed by atoms with Crippen LogP contribution in [0.25, 0.3) is 11.2 Å². The van der Waals surface area contributed by atoms with Crippen LogP contribution in [0.2, 0.25) is 5.28 Å². The van der Waals surface area contributed by atoms with E-state index in [1.54, 1.807) is 13.8 Å². The molecule has 2 aliphatic rings. The Labute approximate surface area is 174 Å². The largest absolute Gasteiger partial charge is 0.474 e. The Balaban J connectivity index is 1.70. The third-order valence-corrected chi connectivity index (χ3v) is 6.97. The van der Waals surface area contributed by atoms with Gasteiger partial charge in [0.1, 0.15) is 11.6 Å². The topological polar surface area (TPSA) is 155 Å². The first kappa shape index (κ1) is 18.4.